The minimum atomic E-state index is 0.647. The van der Waals surface area contributed by atoms with Crippen molar-refractivity contribution in [1.29, 1.82) is 0 Å². The van der Waals surface area contributed by atoms with E-state index in [4.69, 9.17) is 9.47 Å². The van der Waals surface area contributed by atoms with Crippen LogP contribution in [0.5, 0.6) is 5.75 Å². The number of ether oxygens (including phenoxy) is 2. The second-order valence-corrected chi connectivity index (χ2v) is 5.25. The number of aliphatic imine (C=N–C) groups is 1. The van der Waals surface area contributed by atoms with Crippen LogP contribution in [0.4, 0.5) is 5.69 Å². The third-order valence-electron chi connectivity index (χ3n) is 3.70. The SMILES string of the molecule is COc1ccc(/C(Nc2ccccc2)=C(/C)C2=NCCO2)cc1. The van der Waals surface area contributed by atoms with Crippen LogP contribution in [0.15, 0.2) is 65.2 Å². The molecule has 1 heterocycles. The summed E-state index contributed by atoms with van der Waals surface area (Å²) in [5.41, 5.74) is 4.07. The second kappa shape index (κ2) is 7.01. The zero-order chi connectivity index (χ0) is 16.1. The first kappa shape index (κ1) is 15.2. The molecule has 0 radical (unpaired) electrons. The van der Waals surface area contributed by atoms with Crippen molar-refractivity contribution in [1.82, 2.24) is 0 Å². The van der Waals surface area contributed by atoms with Gasteiger partial charge in [-0.25, -0.2) is 4.99 Å². The summed E-state index contributed by atoms with van der Waals surface area (Å²) in [5, 5.41) is 3.49. The highest BCUT2D eigenvalue weighted by molar-refractivity contribution is 6.03. The van der Waals surface area contributed by atoms with E-state index in [-0.39, 0.29) is 0 Å². The molecule has 1 N–H and O–H groups in total. The molecule has 0 unspecified atom stereocenters. The van der Waals surface area contributed by atoms with Gasteiger partial charge in [0.05, 0.1) is 19.4 Å². The highest BCUT2D eigenvalue weighted by Gasteiger charge is 2.16. The molecule has 2 aromatic carbocycles. The first-order chi connectivity index (χ1) is 11.3. The fraction of sp³-hybridized carbons (Fsp3) is 0.211. The first-order valence-electron chi connectivity index (χ1n) is 7.63. The summed E-state index contributed by atoms with van der Waals surface area (Å²) in [5.74, 6) is 1.54. The molecule has 0 atom stereocenters. The average Bonchev–Trinajstić information content (AvgIpc) is 3.15. The molecule has 1 aliphatic rings. The minimum Gasteiger partial charge on any atom is -0.497 e. The van der Waals surface area contributed by atoms with Gasteiger partial charge < -0.3 is 14.8 Å². The van der Waals surface area contributed by atoms with Gasteiger partial charge in [0.2, 0.25) is 5.90 Å². The van der Waals surface area contributed by atoms with Gasteiger partial charge in [-0.15, -0.1) is 0 Å². The van der Waals surface area contributed by atoms with Crippen LogP contribution in [0, 0.1) is 0 Å². The first-order valence-corrected chi connectivity index (χ1v) is 7.63. The molecule has 0 saturated carbocycles. The van der Waals surface area contributed by atoms with E-state index < -0.39 is 0 Å². The Labute approximate surface area is 136 Å². The summed E-state index contributed by atoms with van der Waals surface area (Å²) in [6.45, 7) is 3.39. The highest BCUT2D eigenvalue weighted by Crippen LogP contribution is 2.25. The Morgan fingerprint density at radius 3 is 2.43 bits per heavy atom. The summed E-state index contributed by atoms with van der Waals surface area (Å²) < 4.78 is 10.9. The van der Waals surface area contributed by atoms with E-state index in [1.54, 1.807) is 7.11 Å². The number of rotatable bonds is 5. The van der Waals surface area contributed by atoms with Crippen molar-refractivity contribution in [3.05, 3.63) is 65.7 Å². The van der Waals surface area contributed by atoms with E-state index in [2.05, 4.69) is 10.3 Å². The van der Waals surface area contributed by atoms with Gasteiger partial charge in [-0.1, -0.05) is 18.2 Å². The Hall–Kier alpha value is -2.75. The van der Waals surface area contributed by atoms with Crippen LogP contribution in [0.1, 0.15) is 12.5 Å². The molecule has 0 spiro atoms. The van der Waals surface area contributed by atoms with Crippen molar-refractivity contribution >= 4 is 17.3 Å². The van der Waals surface area contributed by atoms with Crippen molar-refractivity contribution in [3.8, 4) is 5.75 Å². The van der Waals surface area contributed by atoms with E-state index in [1.807, 2.05) is 61.5 Å². The van der Waals surface area contributed by atoms with E-state index in [1.165, 1.54) is 0 Å². The molecule has 0 bridgehead atoms. The fourth-order valence-electron chi connectivity index (χ4n) is 2.47. The zero-order valence-electron chi connectivity index (χ0n) is 13.4. The lowest BCUT2D eigenvalue weighted by Crippen LogP contribution is -2.09. The lowest BCUT2D eigenvalue weighted by Gasteiger charge is -2.16. The van der Waals surface area contributed by atoms with E-state index >= 15 is 0 Å². The molecule has 0 aromatic heterocycles. The molecule has 4 nitrogen and oxygen atoms in total. The quantitative estimate of drug-likeness (QED) is 0.909. The molecule has 4 heteroatoms. The molecule has 23 heavy (non-hydrogen) atoms. The van der Waals surface area contributed by atoms with Crippen molar-refractivity contribution in [3.63, 3.8) is 0 Å². The Bertz CT molecular complexity index is 719. The maximum atomic E-state index is 5.63. The number of nitrogens with one attached hydrogen (secondary N) is 1. The lowest BCUT2D eigenvalue weighted by atomic mass is 10.1. The molecule has 0 saturated heterocycles. The summed E-state index contributed by atoms with van der Waals surface area (Å²) in [4.78, 5) is 4.43. The normalized spacial score (nSPS) is 14.6. The lowest BCUT2D eigenvalue weighted by molar-refractivity contribution is 0.347. The monoisotopic (exact) mass is 308 g/mol. The van der Waals surface area contributed by atoms with Gasteiger partial charge >= 0.3 is 0 Å². The van der Waals surface area contributed by atoms with Crippen LogP contribution in [0.3, 0.4) is 0 Å². The van der Waals surface area contributed by atoms with Crippen molar-refractivity contribution in [2.45, 2.75) is 6.92 Å². The second-order valence-electron chi connectivity index (χ2n) is 5.25. The van der Waals surface area contributed by atoms with Gasteiger partial charge in [0, 0.05) is 11.3 Å². The van der Waals surface area contributed by atoms with Crippen LogP contribution < -0.4 is 10.1 Å². The molecule has 1 aliphatic heterocycles. The fourth-order valence-corrected chi connectivity index (χ4v) is 2.47. The van der Waals surface area contributed by atoms with Gasteiger partial charge in [0.15, 0.2) is 0 Å². The van der Waals surface area contributed by atoms with Crippen LogP contribution in [0.25, 0.3) is 5.70 Å². The molecule has 0 fully saturated rings. The maximum absolute atomic E-state index is 5.63. The van der Waals surface area contributed by atoms with Gasteiger partial charge in [0.1, 0.15) is 12.4 Å². The summed E-state index contributed by atoms with van der Waals surface area (Å²) in [6.07, 6.45) is 0. The van der Waals surface area contributed by atoms with Crippen molar-refractivity contribution in [2.75, 3.05) is 25.6 Å². The summed E-state index contributed by atoms with van der Waals surface area (Å²) in [6, 6.07) is 18.0. The molecule has 118 valence electrons. The van der Waals surface area contributed by atoms with E-state index in [0.717, 1.165) is 28.3 Å². The highest BCUT2D eigenvalue weighted by atomic mass is 16.5. The molecule has 0 aliphatic carbocycles. The van der Waals surface area contributed by atoms with Gasteiger partial charge in [-0.05, 0) is 48.9 Å². The number of para-hydroxylation sites is 1. The van der Waals surface area contributed by atoms with Gasteiger partial charge in [-0.2, -0.15) is 0 Å². The minimum absolute atomic E-state index is 0.647. The third kappa shape index (κ3) is 3.54. The Morgan fingerprint density at radius 1 is 1.09 bits per heavy atom. The van der Waals surface area contributed by atoms with Crippen LogP contribution in [0.2, 0.25) is 0 Å². The van der Waals surface area contributed by atoms with Crippen molar-refractivity contribution < 1.29 is 9.47 Å². The molecule has 3 rings (SSSR count). The average molecular weight is 308 g/mol. The topological polar surface area (TPSA) is 42.8 Å². The zero-order valence-corrected chi connectivity index (χ0v) is 13.4. The summed E-state index contributed by atoms with van der Waals surface area (Å²) in [7, 11) is 1.67. The number of nitrogens with zero attached hydrogens (tertiary/aromatic N) is 1. The van der Waals surface area contributed by atoms with E-state index in [0.29, 0.717) is 19.0 Å². The predicted molar refractivity (Wildman–Crippen MR) is 93.9 cm³/mol. The van der Waals surface area contributed by atoms with Crippen molar-refractivity contribution in [2.24, 2.45) is 4.99 Å². The van der Waals surface area contributed by atoms with Gasteiger partial charge in [0.25, 0.3) is 0 Å². The van der Waals surface area contributed by atoms with Gasteiger partial charge in [-0.3, -0.25) is 0 Å². The number of anilines is 1. The third-order valence-corrected chi connectivity index (χ3v) is 3.70. The maximum Gasteiger partial charge on any atom is 0.213 e. The molecular weight excluding hydrogens is 288 g/mol. The Kier molecular flexibility index (Phi) is 4.62. The number of methoxy groups -OCH3 is 1. The van der Waals surface area contributed by atoms with Crippen LogP contribution in [-0.2, 0) is 4.74 Å². The number of hydrogen-bond acceptors (Lipinski definition) is 4. The Balaban J connectivity index is 2.00. The van der Waals surface area contributed by atoms with E-state index in [9.17, 15) is 0 Å². The van der Waals surface area contributed by atoms with Crippen LogP contribution >= 0.6 is 0 Å². The predicted octanol–water partition coefficient (Wildman–Crippen LogP) is 3.97. The van der Waals surface area contributed by atoms with Crippen LogP contribution in [-0.4, -0.2) is 26.2 Å². The number of benzene rings is 2. The smallest absolute Gasteiger partial charge is 0.213 e. The number of hydrogen-bond donors (Lipinski definition) is 1. The summed E-state index contributed by atoms with van der Waals surface area (Å²) >= 11 is 0. The standard InChI is InChI=1S/C19H20N2O2/c1-14(19-20-12-13-23-19)18(21-16-6-4-3-5-7-16)15-8-10-17(22-2)11-9-15/h3-11,21H,12-13H2,1-2H3/b18-14+. The molecular formula is C19H20N2O2. The molecule has 0 amide bonds. The largest absolute Gasteiger partial charge is 0.497 e. The molecule has 2 aromatic rings. The Morgan fingerprint density at radius 2 is 1.83 bits per heavy atom.